The maximum Gasteiger partial charge on any atom is 0.169 e. The number of rotatable bonds is 10. The van der Waals surface area contributed by atoms with Gasteiger partial charge < -0.3 is 18.9 Å². The number of fused-ring (bicyclic) bond motifs is 1. The van der Waals surface area contributed by atoms with E-state index in [1.54, 1.807) is 14.2 Å². The van der Waals surface area contributed by atoms with Gasteiger partial charge in [0.25, 0.3) is 0 Å². The van der Waals surface area contributed by atoms with E-state index in [1.807, 2.05) is 30.3 Å². The molecule has 1 unspecified atom stereocenters. The van der Waals surface area contributed by atoms with Crippen LogP contribution in [0, 0.1) is 5.92 Å². The van der Waals surface area contributed by atoms with Crippen LogP contribution in [0.1, 0.15) is 20.3 Å². The fourth-order valence-corrected chi connectivity index (χ4v) is 2.78. The van der Waals surface area contributed by atoms with Gasteiger partial charge in [-0.15, -0.1) is 11.6 Å². The number of ether oxygens (including phenoxy) is 4. The molecule has 0 bridgehead atoms. The molecule has 0 aromatic heterocycles. The van der Waals surface area contributed by atoms with Crippen LogP contribution in [0.5, 0.6) is 17.2 Å². The predicted octanol–water partition coefficient (Wildman–Crippen LogP) is 4.91. The summed E-state index contributed by atoms with van der Waals surface area (Å²) < 4.78 is 23.0. The molecule has 0 saturated carbocycles. The second-order valence-corrected chi connectivity index (χ2v) is 6.68. The van der Waals surface area contributed by atoms with E-state index in [0.717, 1.165) is 28.7 Å². The van der Waals surface area contributed by atoms with E-state index in [9.17, 15) is 0 Å². The Hall–Kier alpha value is -1.65. The smallest absolute Gasteiger partial charge is 0.169 e. The summed E-state index contributed by atoms with van der Waals surface area (Å²) in [6, 6.07) is 9.90. The Morgan fingerprint density at radius 3 is 2.28 bits per heavy atom. The molecule has 0 N–H and O–H groups in total. The van der Waals surface area contributed by atoms with Gasteiger partial charge in [0.1, 0.15) is 12.4 Å². The van der Waals surface area contributed by atoms with Gasteiger partial charge in [-0.05, 0) is 12.3 Å². The van der Waals surface area contributed by atoms with Crippen LogP contribution in [0.2, 0.25) is 0 Å². The van der Waals surface area contributed by atoms with Crippen molar-refractivity contribution in [1.29, 1.82) is 0 Å². The Labute approximate surface area is 155 Å². The summed E-state index contributed by atoms with van der Waals surface area (Å²) in [6.07, 6.45) is 0.696. The first kappa shape index (κ1) is 19.7. The molecule has 1 atom stereocenters. The lowest BCUT2D eigenvalue weighted by atomic mass is 10.1. The highest BCUT2D eigenvalue weighted by atomic mass is 35.5. The highest BCUT2D eigenvalue weighted by molar-refractivity contribution is 6.17. The van der Waals surface area contributed by atoms with Crippen molar-refractivity contribution >= 4 is 22.4 Å². The maximum absolute atomic E-state index is 6.03. The second-order valence-electron chi connectivity index (χ2n) is 6.30. The maximum atomic E-state index is 6.03. The van der Waals surface area contributed by atoms with Gasteiger partial charge in [0.15, 0.2) is 11.5 Å². The van der Waals surface area contributed by atoms with Crippen LogP contribution in [0.3, 0.4) is 0 Å². The van der Waals surface area contributed by atoms with Crippen molar-refractivity contribution in [3.05, 3.63) is 30.3 Å². The Morgan fingerprint density at radius 2 is 1.68 bits per heavy atom. The van der Waals surface area contributed by atoms with Crippen LogP contribution in [-0.4, -0.2) is 39.4 Å². The van der Waals surface area contributed by atoms with E-state index in [-0.39, 0.29) is 6.10 Å². The summed E-state index contributed by atoms with van der Waals surface area (Å²) in [5.74, 6) is 3.13. The van der Waals surface area contributed by atoms with Gasteiger partial charge in [-0.25, -0.2) is 0 Å². The molecule has 0 saturated heterocycles. The molecule has 0 aliphatic rings. The van der Waals surface area contributed by atoms with Crippen LogP contribution in [-0.2, 0) is 4.74 Å². The lowest BCUT2D eigenvalue weighted by Gasteiger charge is -2.19. The van der Waals surface area contributed by atoms with Gasteiger partial charge in [0.2, 0.25) is 0 Å². The topological polar surface area (TPSA) is 36.9 Å². The van der Waals surface area contributed by atoms with Crippen molar-refractivity contribution in [2.24, 2.45) is 5.92 Å². The Balaban J connectivity index is 2.36. The summed E-state index contributed by atoms with van der Waals surface area (Å²) in [7, 11) is 3.31. The molecule has 0 heterocycles. The molecule has 138 valence electrons. The van der Waals surface area contributed by atoms with Crippen molar-refractivity contribution in [2.75, 3.05) is 33.3 Å². The number of methoxy groups -OCH3 is 2. The third kappa shape index (κ3) is 5.16. The molecule has 25 heavy (non-hydrogen) atoms. The molecule has 2 aromatic carbocycles. The lowest BCUT2D eigenvalue weighted by molar-refractivity contribution is 0.0566. The molecule has 0 radical (unpaired) electrons. The van der Waals surface area contributed by atoms with E-state index in [0.29, 0.717) is 30.8 Å². The van der Waals surface area contributed by atoms with E-state index in [2.05, 4.69) is 13.8 Å². The molecule has 0 amide bonds. The monoisotopic (exact) mass is 366 g/mol. The van der Waals surface area contributed by atoms with Crippen molar-refractivity contribution in [3.63, 3.8) is 0 Å². The zero-order chi connectivity index (χ0) is 18.2. The van der Waals surface area contributed by atoms with E-state index in [4.69, 9.17) is 30.5 Å². The molecule has 5 heteroatoms. The zero-order valence-electron chi connectivity index (χ0n) is 15.4. The quantitative estimate of drug-likeness (QED) is 0.560. The number of alkyl halides is 1. The molecule has 0 aliphatic carbocycles. The normalized spacial score (nSPS) is 12.4. The van der Waals surface area contributed by atoms with Crippen molar-refractivity contribution < 1.29 is 18.9 Å². The fraction of sp³-hybridized carbons (Fsp3) is 0.500. The Kier molecular flexibility index (Phi) is 7.66. The summed E-state index contributed by atoms with van der Waals surface area (Å²) in [4.78, 5) is 0. The van der Waals surface area contributed by atoms with Crippen LogP contribution >= 0.6 is 11.6 Å². The standard InChI is InChI=1S/C20H27ClO4/c1-14(2)12-25-20-17-8-6-5-7-16(17)18(11-19(20)23-4)24-13-15(22-3)9-10-21/h5-8,11,14-15H,9-10,12-13H2,1-4H3. The SMILES string of the molecule is COc1cc(OCC(CCCl)OC)c2ccccc2c1OCC(C)C. The fourth-order valence-electron chi connectivity index (χ4n) is 2.53. The minimum atomic E-state index is -0.0425. The summed E-state index contributed by atoms with van der Waals surface area (Å²) in [5.41, 5.74) is 0. The van der Waals surface area contributed by atoms with Gasteiger partial charge in [0.05, 0.1) is 19.8 Å². The average molecular weight is 367 g/mol. The average Bonchev–Trinajstić information content (AvgIpc) is 2.63. The second kappa shape index (κ2) is 9.73. The summed E-state index contributed by atoms with van der Waals surface area (Å²) in [6.45, 7) is 5.30. The number of hydrogen-bond acceptors (Lipinski definition) is 4. The first-order valence-electron chi connectivity index (χ1n) is 8.54. The molecule has 0 fully saturated rings. The van der Waals surface area contributed by atoms with Crippen molar-refractivity contribution in [2.45, 2.75) is 26.4 Å². The van der Waals surface area contributed by atoms with E-state index < -0.39 is 0 Å². The van der Waals surface area contributed by atoms with Crippen molar-refractivity contribution in [1.82, 2.24) is 0 Å². The van der Waals surface area contributed by atoms with Crippen molar-refractivity contribution in [3.8, 4) is 17.2 Å². The van der Waals surface area contributed by atoms with E-state index >= 15 is 0 Å². The highest BCUT2D eigenvalue weighted by Gasteiger charge is 2.17. The molecule has 4 nitrogen and oxygen atoms in total. The van der Waals surface area contributed by atoms with Gasteiger partial charge in [-0.3, -0.25) is 0 Å². The summed E-state index contributed by atoms with van der Waals surface area (Å²) in [5, 5.41) is 1.96. The highest BCUT2D eigenvalue weighted by Crippen LogP contribution is 2.41. The minimum Gasteiger partial charge on any atom is -0.493 e. The minimum absolute atomic E-state index is 0.0425. The van der Waals surface area contributed by atoms with Gasteiger partial charge in [0, 0.05) is 29.8 Å². The Bertz CT molecular complexity index is 672. The first-order chi connectivity index (χ1) is 12.1. The largest absolute Gasteiger partial charge is 0.493 e. The third-order valence-corrected chi connectivity index (χ3v) is 4.11. The summed E-state index contributed by atoms with van der Waals surface area (Å²) >= 11 is 5.81. The van der Waals surface area contributed by atoms with Crippen LogP contribution in [0.15, 0.2) is 30.3 Å². The number of benzene rings is 2. The molecule has 2 rings (SSSR count). The van der Waals surface area contributed by atoms with Gasteiger partial charge >= 0.3 is 0 Å². The molecular weight excluding hydrogens is 340 g/mol. The van der Waals surface area contributed by atoms with Gasteiger partial charge in [-0.1, -0.05) is 38.1 Å². The number of hydrogen-bond donors (Lipinski definition) is 0. The third-order valence-electron chi connectivity index (χ3n) is 3.89. The molecular formula is C20H27ClO4. The predicted molar refractivity (Wildman–Crippen MR) is 102 cm³/mol. The molecule has 2 aromatic rings. The zero-order valence-corrected chi connectivity index (χ0v) is 16.1. The first-order valence-corrected chi connectivity index (χ1v) is 9.08. The van der Waals surface area contributed by atoms with Crippen LogP contribution in [0.4, 0.5) is 0 Å². The number of halogens is 1. The molecule has 0 aliphatic heterocycles. The van der Waals surface area contributed by atoms with E-state index in [1.165, 1.54) is 0 Å². The lowest BCUT2D eigenvalue weighted by Crippen LogP contribution is -2.20. The van der Waals surface area contributed by atoms with Crippen LogP contribution in [0.25, 0.3) is 10.8 Å². The van der Waals surface area contributed by atoms with Gasteiger partial charge in [-0.2, -0.15) is 0 Å². The molecule has 0 spiro atoms. The Morgan fingerprint density at radius 1 is 0.960 bits per heavy atom. The van der Waals surface area contributed by atoms with Crippen LogP contribution < -0.4 is 14.2 Å².